The van der Waals surface area contributed by atoms with Crippen LogP contribution in [0.3, 0.4) is 0 Å². The fraction of sp³-hybridized carbons (Fsp3) is 0.143. The van der Waals surface area contributed by atoms with Gasteiger partial charge in [-0.25, -0.2) is 0 Å². The van der Waals surface area contributed by atoms with E-state index in [9.17, 15) is 0 Å². The van der Waals surface area contributed by atoms with Gasteiger partial charge in [-0.3, -0.25) is 0 Å². The zero-order valence-corrected chi connectivity index (χ0v) is 5.54. The van der Waals surface area contributed by atoms with E-state index in [-0.39, 0.29) is 0 Å². The van der Waals surface area contributed by atoms with Crippen molar-refractivity contribution in [3.8, 4) is 0 Å². The standard InChI is InChI=1S/C7H10N2O/c10-9-6-8-7-4-2-1-3-5-7/h1-5,8-10H,6H2. The van der Waals surface area contributed by atoms with Crippen molar-refractivity contribution < 1.29 is 5.21 Å². The van der Waals surface area contributed by atoms with Crippen molar-refractivity contribution in [2.75, 3.05) is 12.0 Å². The molecule has 3 heteroatoms. The van der Waals surface area contributed by atoms with Crippen LogP contribution in [0.15, 0.2) is 30.3 Å². The van der Waals surface area contributed by atoms with Gasteiger partial charge in [-0.05, 0) is 12.1 Å². The topological polar surface area (TPSA) is 44.3 Å². The van der Waals surface area contributed by atoms with Crippen LogP contribution >= 0.6 is 0 Å². The third-order valence-electron chi connectivity index (χ3n) is 1.15. The quantitative estimate of drug-likeness (QED) is 0.432. The maximum Gasteiger partial charge on any atom is 0.0886 e. The van der Waals surface area contributed by atoms with Crippen LogP contribution in [0, 0.1) is 0 Å². The van der Waals surface area contributed by atoms with Crippen molar-refractivity contribution in [2.45, 2.75) is 0 Å². The zero-order valence-electron chi connectivity index (χ0n) is 5.54. The highest BCUT2D eigenvalue weighted by Crippen LogP contribution is 2.02. The van der Waals surface area contributed by atoms with Gasteiger partial charge in [-0.1, -0.05) is 18.2 Å². The van der Waals surface area contributed by atoms with E-state index in [2.05, 4.69) is 5.32 Å². The van der Waals surface area contributed by atoms with Gasteiger partial charge in [0.15, 0.2) is 0 Å². The Hall–Kier alpha value is -1.06. The Bertz CT molecular complexity index is 176. The van der Waals surface area contributed by atoms with Crippen LogP contribution in [-0.4, -0.2) is 11.9 Å². The van der Waals surface area contributed by atoms with Gasteiger partial charge in [-0.2, -0.15) is 5.48 Å². The van der Waals surface area contributed by atoms with E-state index in [0.717, 1.165) is 5.69 Å². The molecule has 0 saturated heterocycles. The van der Waals surface area contributed by atoms with Gasteiger partial charge in [0, 0.05) is 5.69 Å². The third-order valence-corrected chi connectivity index (χ3v) is 1.15. The number of rotatable bonds is 3. The minimum atomic E-state index is 0.365. The van der Waals surface area contributed by atoms with Crippen LogP contribution in [0.2, 0.25) is 0 Å². The van der Waals surface area contributed by atoms with Crippen molar-refractivity contribution in [1.82, 2.24) is 5.48 Å². The molecule has 0 aliphatic heterocycles. The summed E-state index contributed by atoms with van der Waals surface area (Å²) in [6, 6.07) is 9.66. The lowest BCUT2D eigenvalue weighted by Gasteiger charge is -2.02. The van der Waals surface area contributed by atoms with E-state index < -0.39 is 0 Å². The van der Waals surface area contributed by atoms with Gasteiger partial charge in [0.1, 0.15) is 0 Å². The molecular formula is C7H10N2O. The molecule has 1 aromatic rings. The first kappa shape index (κ1) is 7.05. The Morgan fingerprint density at radius 2 is 1.90 bits per heavy atom. The lowest BCUT2D eigenvalue weighted by Crippen LogP contribution is -2.17. The molecule has 10 heavy (non-hydrogen) atoms. The molecule has 0 saturated carbocycles. The summed E-state index contributed by atoms with van der Waals surface area (Å²) >= 11 is 0. The van der Waals surface area contributed by atoms with Crippen molar-refractivity contribution in [3.63, 3.8) is 0 Å². The number of hydrogen-bond donors (Lipinski definition) is 3. The molecule has 0 amide bonds. The summed E-state index contributed by atoms with van der Waals surface area (Å²) in [5, 5.41) is 11.1. The molecule has 0 aromatic heterocycles. The van der Waals surface area contributed by atoms with Crippen LogP contribution in [0.4, 0.5) is 5.69 Å². The molecule has 0 atom stereocenters. The van der Waals surface area contributed by atoms with Gasteiger partial charge < -0.3 is 10.5 Å². The van der Waals surface area contributed by atoms with Gasteiger partial charge >= 0.3 is 0 Å². The number of hydrogen-bond acceptors (Lipinski definition) is 3. The average Bonchev–Trinajstić information content (AvgIpc) is 2.03. The van der Waals surface area contributed by atoms with Crippen molar-refractivity contribution in [1.29, 1.82) is 0 Å². The largest absolute Gasteiger partial charge is 0.371 e. The van der Waals surface area contributed by atoms with E-state index in [4.69, 9.17) is 5.21 Å². The first-order valence-electron chi connectivity index (χ1n) is 3.09. The van der Waals surface area contributed by atoms with E-state index in [1.807, 2.05) is 35.8 Å². The first-order chi connectivity index (χ1) is 4.93. The fourth-order valence-corrected chi connectivity index (χ4v) is 0.698. The second-order valence-corrected chi connectivity index (χ2v) is 1.88. The second-order valence-electron chi connectivity index (χ2n) is 1.88. The molecule has 0 heterocycles. The highest BCUT2D eigenvalue weighted by atomic mass is 16.5. The summed E-state index contributed by atoms with van der Waals surface area (Å²) in [7, 11) is 0. The molecule has 1 rings (SSSR count). The fourth-order valence-electron chi connectivity index (χ4n) is 0.698. The minimum Gasteiger partial charge on any atom is -0.371 e. The molecule has 0 bridgehead atoms. The summed E-state index contributed by atoms with van der Waals surface area (Å²) in [6.45, 7) is 0.365. The number of anilines is 1. The van der Waals surface area contributed by atoms with Crippen LogP contribution in [-0.2, 0) is 0 Å². The minimum absolute atomic E-state index is 0.365. The third kappa shape index (κ3) is 2.05. The predicted octanol–water partition coefficient (Wildman–Crippen LogP) is 1.03. The second kappa shape index (κ2) is 3.87. The molecule has 0 unspecified atom stereocenters. The molecule has 0 fully saturated rings. The number of para-hydroxylation sites is 1. The van der Waals surface area contributed by atoms with E-state index in [1.54, 1.807) is 0 Å². The maximum absolute atomic E-state index is 8.22. The highest BCUT2D eigenvalue weighted by molar-refractivity contribution is 5.41. The SMILES string of the molecule is ONCNc1ccccc1. The molecule has 0 aliphatic carbocycles. The summed E-state index contributed by atoms with van der Waals surface area (Å²) in [6.07, 6.45) is 0. The average molecular weight is 138 g/mol. The van der Waals surface area contributed by atoms with Gasteiger partial charge in [0.05, 0.1) is 6.67 Å². The zero-order chi connectivity index (χ0) is 7.23. The molecule has 0 radical (unpaired) electrons. The van der Waals surface area contributed by atoms with Gasteiger partial charge in [0.2, 0.25) is 0 Å². The summed E-state index contributed by atoms with van der Waals surface area (Å²) in [5.74, 6) is 0. The van der Waals surface area contributed by atoms with Crippen molar-refractivity contribution in [3.05, 3.63) is 30.3 Å². The molecule has 3 N–H and O–H groups in total. The lowest BCUT2D eigenvalue weighted by molar-refractivity contribution is 0.175. The number of hydroxylamine groups is 1. The van der Waals surface area contributed by atoms with E-state index in [1.165, 1.54) is 0 Å². The molecule has 1 aromatic carbocycles. The van der Waals surface area contributed by atoms with Crippen molar-refractivity contribution in [2.24, 2.45) is 0 Å². The molecular weight excluding hydrogens is 128 g/mol. The Labute approximate surface area is 59.6 Å². The summed E-state index contributed by atoms with van der Waals surface area (Å²) in [4.78, 5) is 0. The maximum atomic E-state index is 8.22. The first-order valence-corrected chi connectivity index (χ1v) is 3.09. The number of benzene rings is 1. The van der Waals surface area contributed by atoms with Crippen LogP contribution in [0.25, 0.3) is 0 Å². The predicted molar refractivity (Wildman–Crippen MR) is 39.9 cm³/mol. The Morgan fingerprint density at radius 1 is 1.20 bits per heavy atom. The van der Waals surface area contributed by atoms with Gasteiger partial charge in [-0.15, -0.1) is 0 Å². The molecule has 3 nitrogen and oxygen atoms in total. The Balaban J connectivity index is 2.43. The molecule has 54 valence electrons. The Morgan fingerprint density at radius 3 is 2.50 bits per heavy atom. The molecule has 0 aliphatic rings. The Kier molecular flexibility index (Phi) is 2.73. The normalized spacial score (nSPS) is 9.30. The van der Waals surface area contributed by atoms with E-state index >= 15 is 0 Å². The van der Waals surface area contributed by atoms with Crippen LogP contribution in [0.5, 0.6) is 0 Å². The van der Waals surface area contributed by atoms with Crippen LogP contribution in [0.1, 0.15) is 0 Å². The highest BCUT2D eigenvalue weighted by Gasteiger charge is 1.84. The van der Waals surface area contributed by atoms with Crippen molar-refractivity contribution >= 4 is 5.69 Å². The van der Waals surface area contributed by atoms with Gasteiger partial charge in [0.25, 0.3) is 0 Å². The number of nitrogens with one attached hydrogen (secondary N) is 2. The smallest absolute Gasteiger partial charge is 0.0886 e. The summed E-state index contributed by atoms with van der Waals surface area (Å²) in [5.41, 5.74) is 2.99. The van der Waals surface area contributed by atoms with E-state index in [0.29, 0.717) is 6.67 Å². The van der Waals surface area contributed by atoms with Crippen LogP contribution < -0.4 is 10.8 Å². The monoisotopic (exact) mass is 138 g/mol. The molecule has 0 spiro atoms. The lowest BCUT2D eigenvalue weighted by atomic mass is 10.3. The summed E-state index contributed by atoms with van der Waals surface area (Å²) < 4.78 is 0.